The number of nitrogens with zero attached hydrogens (tertiary/aromatic N) is 5. The lowest BCUT2D eigenvalue weighted by atomic mass is 10.2. The number of aryl methyl sites for hydroxylation is 1. The molecule has 1 saturated heterocycles. The summed E-state index contributed by atoms with van der Waals surface area (Å²) in [6.45, 7) is 2.06. The maximum absolute atomic E-state index is 13.2. The smallest absolute Gasteiger partial charge is 0.387 e. The predicted molar refractivity (Wildman–Crippen MR) is 114 cm³/mol. The topological polar surface area (TPSA) is 85.2 Å². The third-order valence-electron chi connectivity index (χ3n) is 5.45. The van der Waals surface area contributed by atoms with Crippen LogP contribution in [-0.2, 0) is 0 Å². The molecule has 1 N–H and O–H groups in total. The molecule has 2 aromatic heterocycles. The lowest BCUT2D eigenvalue weighted by Crippen LogP contribution is -2.40. The van der Waals surface area contributed by atoms with Crippen LogP contribution in [0.3, 0.4) is 0 Å². The number of carbonyl (C=O) groups is 1. The first-order valence-corrected chi connectivity index (χ1v) is 10.4. The highest BCUT2D eigenvalue weighted by atomic mass is 19.3. The van der Waals surface area contributed by atoms with Gasteiger partial charge in [-0.3, -0.25) is 4.79 Å². The van der Waals surface area contributed by atoms with E-state index in [1.807, 2.05) is 30.0 Å². The van der Waals surface area contributed by atoms with Crippen LogP contribution in [0.1, 0.15) is 34.7 Å². The molecular weight excluding hydrogens is 418 g/mol. The lowest BCUT2D eigenvalue weighted by molar-refractivity contribution is -0.0498. The highest BCUT2D eigenvalue weighted by Gasteiger charge is 2.32. The number of hydrogen-bond acceptors (Lipinski definition) is 6. The molecule has 10 heteroatoms. The molecule has 32 heavy (non-hydrogen) atoms. The van der Waals surface area contributed by atoms with E-state index in [1.54, 1.807) is 19.1 Å². The average molecular weight is 442 g/mol. The lowest BCUT2D eigenvalue weighted by Gasteiger charge is -2.24. The van der Waals surface area contributed by atoms with Crippen molar-refractivity contribution in [3.8, 4) is 11.4 Å². The molecule has 3 aromatic rings. The predicted octanol–water partition coefficient (Wildman–Crippen LogP) is 3.60. The Balaban J connectivity index is 1.46. The van der Waals surface area contributed by atoms with E-state index >= 15 is 0 Å². The summed E-state index contributed by atoms with van der Waals surface area (Å²) in [4.78, 5) is 19.5. The largest absolute Gasteiger partial charge is 0.435 e. The van der Waals surface area contributed by atoms with Crippen LogP contribution in [0, 0.1) is 13.8 Å². The molecule has 0 bridgehead atoms. The molecule has 1 atom stereocenters. The van der Waals surface area contributed by atoms with Gasteiger partial charge in [0, 0.05) is 24.8 Å². The van der Waals surface area contributed by atoms with Crippen LogP contribution in [-0.4, -0.2) is 56.5 Å². The average Bonchev–Trinajstić information content (AvgIpc) is 3.39. The fourth-order valence-electron chi connectivity index (χ4n) is 3.86. The second kappa shape index (κ2) is 9.29. The zero-order valence-electron chi connectivity index (χ0n) is 17.8. The molecule has 1 unspecified atom stereocenters. The van der Waals surface area contributed by atoms with Gasteiger partial charge in [0.05, 0.1) is 11.4 Å². The van der Waals surface area contributed by atoms with Crippen molar-refractivity contribution in [2.75, 3.05) is 18.4 Å². The molecule has 1 aliphatic heterocycles. The number of benzene rings is 1. The van der Waals surface area contributed by atoms with Gasteiger partial charge in [-0.15, -0.1) is 5.10 Å². The van der Waals surface area contributed by atoms with Crippen LogP contribution in [0.4, 0.5) is 14.6 Å². The fourth-order valence-corrected chi connectivity index (χ4v) is 3.86. The van der Waals surface area contributed by atoms with Crippen molar-refractivity contribution in [1.29, 1.82) is 0 Å². The second-order valence-electron chi connectivity index (χ2n) is 7.65. The monoisotopic (exact) mass is 442 g/mol. The molecule has 1 aromatic carbocycles. The Bertz CT molecular complexity index is 1090. The van der Waals surface area contributed by atoms with E-state index < -0.39 is 6.61 Å². The number of anilines is 1. The van der Waals surface area contributed by atoms with Crippen LogP contribution in [0.25, 0.3) is 5.69 Å². The summed E-state index contributed by atoms with van der Waals surface area (Å²) in [6.07, 6.45) is 1.81. The number of ether oxygens (including phenoxy) is 1. The quantitative estimate of drug-likeness (QED) is 0.602. The van der Waals surface area contributed by atoms with Crippen LogP contribution in [0.15, 0.2) is 42.5 Å². The molecular formula is C22H24F2N6O2. The third-order valence-corrected chi connectivity index (χ3v) is 5.45. The first kappa shape index (κ1) is 21.7. The molecule has 8 nitrogen and oxygen atoms in total. The van der Waals surface area contributed by atoms with Crippen molar-refractivity contribution in [2.45, 2.75) is 39.3 Å². The maximum Gasteiger partial charge on any atom is 0.387 e. The Labute approximate surface area is 184 Å². The second-order valence-corrected chi connectivity index (χ2v) is 7.65. The molecule has 0 aliphatic carbocycles. The molecule has 0 saturated carbocycles. The summed E-state index contributed by atoms with van der Waals surface area (Å²) < 4.78 is 30.6. The van der Waals surface area contributed by atoms with E-state index in [1.165, 1.54) is 16.8 Å². The van der Waals surface area contributed by atoms with Crippen molar-refractivity contribution in [3.63, 3.8) is 0 Å². The molecule has 0 radical (unpaired) electrons. The number of likely N-dealkylation sites (tertiary alicyclic amines) is 1. The number of alkyl halides is 2. The van der Waals surface area contributed by atoms with Gasteiger partial charge in [-0.2, -0.15) is 8.78 Å². The fraction of sp³-hybridized carbons (Fsp3) is 0.364. The minimum Gasteiger partial charge on any atom is -0.435 e. The van der Waals surface area contributed by atoms with E-state index in [0.717, 1.165) is 24.4 Å². The van der Waals surface area contributed by atoms with Gasteiger partial charge >= 0.3 is 6.61 Å². The van der Waals surface area contributed by atoms with E-state index in [4.69, 9.17) is 0 Å². The van der Waals surface area contributed by atoms with Crippen molar-refractivity contribution >= 4 is 11.7 Å². The van der Waals surface area contributed by atoms with Gasteiger partial charge in [0.1, 0.15) is 11.6 Å². The maximum atomic E-state index is 13.2. The van der Waals surface area contributed by atoms with Crippen molar-refractivity contribution in [1.82, 2.24) is 24.9 Å². The Morgan fingerprint density at radius 1 is 1.22 bits per heavy atom. The Kier molecular flexibility index (Phi) is 6.29. The summed E-state index contributed by atoms with van der Waals surface area (Å²) in [7, 11) is 0. The number of rotatable bonds is 7. The number of aromatic nitrogens is 4. The Morgan fingerprint density at radius 3 is 2.72 bits per heavy atom. The van der Waals surface area contributed by atoms with E-state index in [9.17, 15) is 13.6 Å². The van der Waals surface area contributed by atoms with Crippen LogP contribution < -0.4 is 10.1 Å². The summed E-state index contributed by atoms with van der Waals surface area (Å²) in [5.41, 5.74) is 2.38. The van der Waals surface area contributed by atoms with E-state index in [-0.39, 0.29) is 23.4 Å². The number of halogens is 2. The van der Waals surface area contributed by atoms with Gasteiger partial charge in [0.2, 0.25) is 0 Å². The van der Waals surface area contributed by atoms with E-state index in [0.29, 0.717) is 24.5 Å². The van der Waals surface area contributed by atoms with Crippen LogP contribution in [0.2, 0.25) is 0 Å². The zero-order chi connectivity index (χ0) is 22.7. The van der Waals surface area contributed by atoms with Gasteiger partial charge in [-0.1, -0.05) is 11.3 Å². The number of hydrogen-bond donors (Lipinski definition) is 1. The zero-order valence-corrected chi connectivity index (χ0v) is 17.8. The minimum atomic E-state index is -2.89. The summed E-state index contributed by atoms with van der Waals surface area (Å²) >= 11 is 0. The molecule has 4 rings (SSSR count). The van der Waals surface area contributed by atoms with Gasteiger partial charge in [0.15, 0.2) is 5.69 Å². The van der Waals surface area contributed by atoms with Crippen molar-refractivity contribution in [3.05, 3.63) is 59.5 Å². The van der Waals surface area contributed by atoms with Crippen molar-refractivity contribution in [2.24, 2.45) is 0 Å². The molecule has 3 heterocycles. The van der Waals surface area contributed by atoms with Crippen LogP contribution in [0.5, 0.6) is 5.75 Å². The highest BCUT2D eigenvalue weighted by molar-refractivity contribution is 5.93. The van der Waals surface area contributed by atoms with Gasteiger partial charge in [0.25, 0.3) is 5.91 Å². The summed E-state index contributed by atoms with van der Waals surface area (Å²) in [5, 5.41) is 11.5. The number of amides is 1. The number of pyridine rings is 1. The Hall–Kier alpha value is -3.56. The molecule has 1 amide bonds. The molecule has 0 spiro atoms. The summed E-state index contributed by atoms with van der Waals surface area (Å²) in [6, 6.07) is 11.8. The summed E-state index contributed by atoms with van der Waals surface area (Å²) in [5.74, 6) is 0.659. The third kappa shape index (κ3) is 4.68. The van der Waals surface area contributed by atoms with Crippen LogP contribution >= 0.6 is 0 Å². The first-order chi connectivity index (χ1) is 15.4. The number of nitrogens with one attached hydrogen (secondary N) is 1. The molecule has 1 aliphatic rings. The van der Waals surface area contributed by atoms with E-state index in [2.05, 4.69) is 25.3 Å². The molecule has 1 fully saturated rings. The number of carbonyl (C=O) groups excluding carboxylic acids is 1. The normalized spacial score (nSPS) is 15.9. The Morgan fingerprint density at radius 2 is 2.00 bits per heavy atom. The van der Waals surface area contributed by atoms with Gasteiger partial charge in [-0.05, 0) is 63.1 Å². The molecule has 168 valence electrons. The van der Waals surface area contributed by atoms with Gasteiger partial charge < -0.3 is 15.0 Å². The minimum absolute atomic E-state index is 0.0279. The SMILES string of the molecule is Cc1cccc(NCC2CCCN2C(=O)c2nnn(-c3ccc(OC(F)F)cc3)c2C)n1. The van der Waals surface area contributed by atoms with Gasteiger partial charge in [-0.25, -0.2) is 9.67 Å². The van der Waals surface area contributed by atoms with Crippen molar-refractivity contribution < 1.29 is 18.3 Å². The first-order valence-electron chi connectivity index (χ1n) is 10.4. The highest BCUT2D eigenvalue weighted by Crippen LogP contribution is 2.23. The standard InChI is InChI=1S/C22H24F2N6O2/c1-14-5-3-7-19(26-14)25-13-17-6-4-12-29(17)21(31)20-15(2)30(28-27-20)16-8-10-18(11-9-16)32-22(23)24/h3,5,7-11,17,22H,4,6,12-13H2,1-2H3,(H,25,26).